The van der Waals surface area contributed by atoms with E-state index in [2.05, 4.69) is 5.32 Å². The van der Waals surface area contributed by atoms with Crippen molar-refractivity contribution in [1.82, 2.24) is 10.7 Å². The molecule has 0 heterocycles. The molecule has 0 aromatic carbocycles. The van der Waals surface area contributed by atoms with Crippen LogP contribution in [0.15, 0.2) is 0 Å². The van der Waals surface area contributed by atoms with Crippen molar-refractivity contribution in [2.45, 2.75) is 38.6 Å². The van der Waals surface area contributed by atoms with E-state index in [0.717, 1.165) is 12.8 Å². The summed E-state index contributed by atoms with van der Waals surface area (Å²) >= 11 is 0. The van der Waals surface area contributed by atoms with E-state index in [1.165, 1.54) is 0 Å². The van der Waals surface area contributed by atoms with E-state index in [1.807, 2.05) is 12.3 Å². The third-order valence-corrected chi connectivity index (χ3v) is 2.12. The van der Waals surface area contributed by atoms with Crippen LogP contribution in [0, 0.1) is 0 Å². The average molecular weight is 249 g/mol. The van der Waals surface area contributed by atoms with Crippen molar-refractivity contribution in [3.8, 4) is 0 Å². The highest BCUT2D eigenvalue weighted by Crippen LogP contribution is 1.99. The van der Waals surface area contributed by atoms with Gasteiger partial charge in [-0.2, -0.15) is 0 Å². The van der Waals surface area contributed by atoms with Gasteiger partial charge in [-0.3, -0.25) is 10.2 Å². The topological polar surface area (TPSA) is 93.4 Å². The fraction of sp³-hybridized carbons (Fsp3) is 0.800. The van der Waals surface area contributed by atoms with Crippen molar-refractivity contribution in [1.29, 1.82) is 0 Å². The van der Waals surface area contributed by atoms with Gasteiger partial charge in [0, 0.05) is 6.42 Å². The number of unbranched alkanes of at least 4 members (excludes halogenated alkanes) is 1. The van der Waals surface area contributed by atoms with E-state index in [-0.39, 0.29) is 12.8 Å². The number of alkyl carbamates (subject to hydrolysis) is 1. The van der Waals surface area contributed by atoms with Crippen LogP contribution in [0.5, 0.6) is 0 Å². The molecule has 7 heteroatoms. The average Bonchev–Trinajstić information content (AvgIpc) is 2.34. The van der Waals surface area contributed by atoms with Crippen LogP contribution in [0.4, 0.5) is 9.18 Å². The van der Waals surface area contributed by atoms with Crippen LogP contribution in [0.1, 0.15) is 32.6 Å². The molecule has 100 valence electrons. The summed E-state index contributed by atoms with van der Waals surface area (Å²) in [5.41, 5.74) is 1.93. The molecular weight excluding hydrogens is 229 g/mol. The van der Waals surface area contributed by atoms with Gasteiger partial charge in [0.25, 0.3) is 0 Å². The third-order valence-electron chi connectivity index (χ3n) is 2.12. The Morgan fingerprint density at radius 2 is 2.18 bits per heavy atom. The second-order valence-corrected chi connectivity index (χ2v) is 3.59. The number of hydrogen-bond donors (Lipinski definition) is 3. The van der Waals surface area contributed by atoms with E-state index in [9.17, 15) is 14.0 Å². The van der Waals surface area contributed by atoms with Gasteiger partial charge in [-0.25, -0.2) is 15.0 Å². The number of rotatable bonds is 8. The molecule has 0 spiro atoms. The molecule has 0 saturated carbocycles. The Hall–Kier alpha value is -1.37. The molecule has 0 aliphatic heterocycles. The number of nitrogens with two attached hydrogens (primary N) is 1. The van der Waals surface area contributed by atoms with E-state index in [0.29, 0.717) is 6.61 Å². The molecular formula is C10H20FN3O3. The van der Waals surface area contributed by atoms with Gasteiger partial charge in [0.05, 0.1) is 12.6 Å². The van der Waals surface area contributed by atoms with Gasteiger partial charge in [-0.15, -0.1) is 0 Å². The van der Waals surface area contributed by atoms with Crippen molar-refractivity contribution in [2.75, 3.05) is 13.3 Å². The number of alkyl halides is 1. The summed E-state index contributed by atoms with van der Waals surface area (Å²) in [5.74, 6) is 4.48. The molecule has 2 amide bonds. The normalized spacial score (nSPS) is 11.7. The molecule has 17 heavy (non-hydrogen) atoms. The van der Waals surface area contributed by atoms with E-state index >= 15 is 0 Å². The second kappa shape index (κ2) is 9.83. The molecule has 1 atom stereocenters. The Balaban J connectivity index is 3.79. The number of carbonyl (C=O) groups is 2. The highest BCUT2D eigenvalue weighted by molar-refractivity contribution is 5.75. The maximum Gasteiger partial charge on any atom is 0.407 e. The van der Waals surface area contributed by atoms with Crippen LogP contribution in [0.2, 0.25) is 0 Å². The minimum absolute atomic E-state index is 0.0559. The van der Waals surface area contributed by atoms with E-state index in [4.69, 9.17) is 10.6 Å². The zero-order valence-corrected chi connectivity index (χ0v) is 10.0. The van der Waals surface area contributed by atoms with Crippen LogP contribution < -0.4 is 16.6 Å². The first-order valence-electron chi connectivity index (χ1n) is 5.62. The molecule has 4 N–H and O–H groups in total. The Labute approximate surface area is 100 Å². The summed E-state index contributed by atoms with van der Waals surface area (Å²) < 4.78 is 17.3. The van der Waals surface area contributed by atoms with Gasteiger partial charge in [-0.1, -0.05) is 13.3 Å². The molecule has 0 aromatic heterocycles. The number of ether oxygens (including phenoxy) is 1. The maximum atomic E-state index is 12.5. The standard InChI is InChI=1S/C10H20FN3O3/c1-2-3-6-17-10(16)13-8(7-11)4-5-9(15)14-12/h8H,2-7,12H2,1H3,(H,13,16)(H,14,15)/t8-/m1/s1. The van der Waals surface area contributed by atoms with Gasteiger partial charge in [0.2, 0.25) is 5.91 Å². The number of amides is 2. The fourth-order valence-electron chi connectivity index (χ4n) is 1.08. The molecule has 0 radical (unpaired) electrons. The molecule has 0 unspecified atom stereocenters. The van der Waals surface area contributed by atoms with Crippen LogP contribution in [-0.2, 0) is 9.53 Å². The lowest BCUT2D eigenvalue weighted by molar-refractivity contribution is -0.121. The van der Waals surface area contributed by atoms with Gasteiger partial charge < -0.3 is 10.1 Å². The van der Waals surface area contributed by atoms with Crippen LogP contribution in [-0.4, -0.2) is 31.3 Å². The molecule has 0 bridgehead atoms. The van der Waals surface area contributed by atoms with Crippen molar-refractivity contribution in [3.05, 3.63) is 0 Å². The Bertz CT molecular complexity index is 239. The highest BCUT2D eigenvalue weighted by Gasteiger charge is 2.14. The van der Waals surface area contributed by atoms with Crippen molar-refractivity contribution >= 4 is 12.0 Å². The predicted octanol–water partition coefficient (Wildman–Crippen LogP) is 0.621. The lowest BCUT2D eigenvalue weighted by Crippen LogP contribution is -2.38. The largest absolute Gasteiger partial charge is 0.450 e. The second-order valence-electron chi connectivity index (χ2n) is 3.59. The Kier molecular flexibility index (Phi) is 9.04. The van der Waals surface area contributed by atoms with Crippen molar-refractivity contribution in [3.63, 3.8) is 0 Å². The number of hydrazine groups is 1. The number of hydrogen-bond acceptors (Lipinski definition) is 4. The Morgan fingerprint density at radius 3 is 2.71 bits per heavy atom. The first-order chi connectivity index (χ1) is 8.13. The van der Waals surface area contributed by atoms with Crippen molar-refractivity contribution in [2.24, 2.45) is 5.84 Å². The summed E-state index contributed by atoms with van der Waals surface area (Å²) in [6.45, 7) is 1.53. The maximum absolute atomic E-state index is 12.5. The number of nitrogens with one attached hydrogen (secondary N) is 2. The zero-order chi connectivity index (χ0) is 13.1. The highest BCUT2D eigenvalue weighted by atomic mass is 19.1. The predicted molar refractivity (Wildman–Crippen MR) is 60.7 cm³/mol. The molecule has 0 saturated heterocycles. The van der Waals surface area contributed by atoms with Crippen LogP contribution in [0.25, 0.3) is 0 Å². The molecule has 6 nitrogen and oxygen atoms in total. The van der Waals surface area contributed by atoms with E-state index in [1.54, 1.807) is 0 Å². The smallest absolute Gasteiger partial charge is 0.407 e. The molecule has 0 aliphatic rings. The zero-order valence-electron chi connectivity index (χ0n) is 10.0. The fourth-order valence-corrected chi connectivity index (χ4v) is 1.08. The summed E-state index contributed by atoms with van der Waals surface area (Å²) in [5, 5.41) is 2.35. The molecule has 0 aliphatic carbocycles. The Morgan fingerprint density at radius 1 is 1.47 bits per heavy atom. The summed E-state index contributed by atoms with van der Waals surface area (Å²) in [6, 6.07) is -0.721. The molecule has 0 fully saturated rings. The quantitative estimate of drug-likeness (QED) is 0.254. The monoisotopic (exact) mass is 249 g/mol. The van der Waals surface area contributed by atoms with Crippen molar-refractivity contribution < 1.29 is 18.7 Å². The molecule has 0 rings (SSSR count). The summed E-state index contributed by atoms with van der Waals surface area (Å²) in [6.07, 6.45) is 1.26. The van der Waals surface area contributed by atoms with Gasteiger partial charge >= 0.3 is 6.09 Å². The lowest BCUT2D eigenvalue weighted by atomic mass is 10.2. The minimum atomic E-state index is -0.749. The lowest BCUT2D eigenvalue weighted by Gasteiger charge is -2.14. The van der Waals surface area contributed by atoms with Gasteiger partial charge in [0.1, 0.15) is 6.67 Å². The van der Waals surface area contributed by atoms with Gasteiger partial charge in [0.15, 0.2) is 0 Å². The van der Waals surface area contributed by atoms with Gasteiger partial charge in [-0.05, 0) is 12.8 Å². The minimum Gasteiger partial charge on any atom is -0.450 e. The number of halogens is 1. The summed E-state index contributed by atoms with van der Waals surface area (Å²) in [7, 11) is 0. The SMILES string of the molecule is CCCCOC(=O)N[C@@H](CF)CCC(=O)NN. The first kappa shape index (κ1) is 15.6. The number of carbonyl (C=O) groups excluding carboxylic acids is 2. The third kappa shape index (κ3) is 8.44. The summed E-state index contributed by atoms with van der Waals surface area (Å²) in [4.78, 5) is 22.0. The van der Waals surface area contributed by atoms with Crippen LogP contribution >= 0.6 is 0 Å². The first-order valence-corrected chi connectivity index (χ1v) is 5.62. The van der Waals surface area contributed by atoms with Crippen LogP contribution in [0.3, 0.4) is 0 Å². The molecule has 0 aromatic rings. The van der Waals surface area contributed by atoms with E-state index < -0.39 is 24.7 Å².